The van der Waals surface area contributed by atoms with Gasteiger partial charge in [-0.1, -0.05) is 13.8 Å². The second-order valence-electron chi connectivity index (χ2n) is 5.43. The van der Waals surface area contributed by atoms with E-state index in [0.29, 0.717) is 12.5 Å². The van der Waals surface area contributed by atoms with Crippen LogP contribution in [0.15, 0.2) is 11.8 Å². The van der Waals surface area contributed by atoms with E-state index >= 15 is 0 Å². The highest BCUT2D eigenvalue weighted by atomic mass is 16.1. The van der Waals surface area contributed by atoms with Gasteiger partial charge in [-0.2, -0.15) is 0 Å². The fourth-order valence-electron chi connectivity index (χ4n) is 2.25. The molecule has 0 radical (unpaired) electrons. The van der Waals surface area contributed by atoms with Crippen molar-refractivity contribution in [2.75, 3.05) is 0 Å². The Morgan fingerprint density at radius 2 is 2.07 bits per heavy atom. The lowest BCUT2D eigenvalue weighted by Crippen LogP contribution is -2.37. The molecule has 0 atom stereocenters. The van der Waals surface area contributed by atoms with Crippen LogP contribution < -0.4 is 5.32 Å². The number of hydrogen-bond donors (Lipinski definition) is 1. The molecule has 2 aliphatic rings. The van der Waals surface area contributed by atoms with E-state index in [4.69, 9.17) is 0 Å². The zero-order valence-corrected chi connectivity index (χ0v) is 9.10. The van der Waals surface area contributed by atoms with Gasteiger partial charge in [0.2, 0.25) is 0 Å². The van der Waals surface area contributed by atoms with Crippen LogP contribution >= 0.6 is 0 Å². The highest BCUT2D eigenvalue weighted by molar-refractivity contribution is 5.91. The number of hydrogen-bond acceptors (Lipinski definition) is 2. The molecular formula is C12H19NO. The van der Waals surface area contributed by atoms with Gasteiger partial charge in [-0.15, -0.1) is 0 Å². The number of carbonyl (C=O) groups is 1. The van der Waals surface area contributed by atoms with Gasteiger partial charge >= 0.3 is 0 Å². The van der Waals surface area contributed by atoms with Crippen molar-refractivity contribution in [1.29, 1.82) is 0 Å². The molecule has 0 heterocycles. The van der Waals surface area contributed by atoms with E-state index in [1.54, 1.807) is 0 Å². The third-order valence-corrected chi connectivity index (χ3v) is 3.15. The molecule has 2 heteroatoms. The van der Waals surface area contributed by atoms with Gasteiger partial charge in [0, 0.05) is 24.2 Å². The smallest absolute Gasteiger partial charge is 0.157 e. The van der Waals surface area contributed by atoms with E-state index in [-0.39, 0.29) is 11.2 Å². The molecule has 0 aromatic rings. The standard InChI is InChI=1S/C12H19NO/c1-12(2)7-10(6-11(14)8-12)13-9-4-3-5-9/h6,9,13H,3-5,7-8H2,1-2H3. The highest BCUT2D eigenvalue weighted by Crippen LogP contribution is 2.33. The third-order valence-electron chi connectivity index (χ3n) is 3.15. The first-order chi connectivity index (χ1) is 6.55. The van der Waals surface area contributed by atoms with Crippen molar-refractivity contribution in [3.63, 3.8) is 0 Å². The maximum Gasteiger partial charge on any atom is 0.157 e. The molecule has 14 heavy (non-hydrogen) atoms. The van der Waals surface area contributed by atoms with Crippen LogP contribution in [0.25, 0.3) is 0 Å². The Hall–Kier alpha value is -0.790. The summed E-state index contributed by atoms with van der Waals surface area (Å²) in [5.41, 5.74) is 1.31. The molecule has 1 fully saturated rings. The van der Waals surface area contributed by atoms with E-state index in [9.17, 15) is 4.79 Å². The van der Waals surface area contributed by atoms with Gasteiger partial charge in [0.05, 0.1) is 0 Å². The molecule has 0 aromatic carbocycles. The average molecular weight is 193 g/mol. The molecule has 2 rings (SSSR count). The van der Waals surface area contributed by atoms with Gasteiger partial charge in [0.25, 0.3) is 0 Å². The first-order valence-corrected chi connectivity index (χ1v) is 5.55. The Balaban J connectivity index is 1.99. The molecule has 0 aromatic heterocycles. The fourth-order valence-corrected chi connectivity index (χ4v) is 2.25. The Bertz CT molecular complexity index is 274. The molecule has 2 nitrogen and oxygen atoms in total. The Morgan fingerprint density at radius 3 is 2.57 bits per heavy atom. The fraction of sp³-hybridized carbons (Fsp3) is 0.750. The molecule has 0 saturated heterocycles. The number of nitrogens with one attached hydrogen (secondary N) is 1. The molecule has 0 bridgehead atoms. The third kappa shape index (κ3) is 2.17. The molecule has 1 saturated carbocycles. The van der Waals surface area contributed by atoms with E-state index < -0.39 is 0 Å². The lowest BCUT2D eigenvalue weighted by molar-refractivity contribution is -0.117. The van der Waals surface area contributed by atoms with Crippen LogP contribution in [-0.2, 0) is 4.79 Å². The lowest BCUT2D eigenvalue weighted by atomic mass is 9.78. The van der Waals surface area contributed by atoms with Crippen LogP contribution in [0.2, 0.25) is 0 Å². The minimum Gasteiger partial charge on any atom is -0.385 e. The summed E-state index contributed by atoms with van der Waals surface area (Å²) in [6, 6.07) is 0.642. The Kier molecular flexibility index (Phi) is 2.38. The topological polar surface area (TPSA) is 29.1 Å². The normalized spacial score (nSPS) is 26.7. The van der Waals surface area contributed by atoms with Gasteiger partial charge in [0.1, 0.15) is 0 Å². The largest absolute Gasteiger partial charge is 0.385 e. The summed E-state index contributed by atoms with van der Waals surface area (Å²) >= 11 is 0. The van der Waals surface area contributed by atoms with E-state index in [1.807, 2.05) is 6.08 Å². The quantitative estimate of drug-likeness (QED) is 0.729. The Labute approximate surface area is 85.8 Å². The van der Waals surface area contributed by atoms with Gasteiger partial charge in [-0.3, -0.25) is 4.79 Å². The summed E-state index contributed by atoms with van der Waals surface area (Å²) < 4.78 is 0. The first-order valence-electron chi connectivity index (χ1n) is 5.55. The number of rotatable bonds is 2. The van der Waals surface area contributed by atoms with Gasteiger partial charge in [-0.05, 0) is 31.1 Å². The molecule has 2 aliphatic carbocycles. The van der Waals surface area contributed by atoms with Crippen molar-refractivity contribution < 1.29 is 4.79 Å². The van der Waals surface area contributed by atoms with Crippen LogP contribution in [0.4, 0.5) is 0 Å². The van der Waals surface area contributed by atoms with Crippen LogP contribution in [0.3, 0.4) is 0 Å². The highest BCUT2D eigenvalue weighted by Gasteiger charge is 2.29. The monoisotopic (exact) mass is 193 g/mol. The van der Waals surface area contributed by atoms with E-state index in [1.165, 1.54) is 19.3 Å². The number of ketones is 1. The molecule has 78 valence electrons. The molecule has 0 unspecified atom stereocenters. The van der Waals surface area contributed by atoms with Crippen molar-refractivity contribution >= 4 is 5.78 Å². The van der Waals surface area contributed by atoms with Crippen LogP contribution in [0, 0.1) is 5.41 Å². The predicted octanol–water partition coefficient (Wildman–Crippen LogP) is 2.40. The second kappa shape index (κ2) is 3.41. The van der Waals surface area contributed by atoms with E-state index in [0.717, 1.165) is 12.1 Å². The summed E-state index contributed by atoms with van der Waals surface area (Å²) in [7, 11) is 0. The van der Waals surface area contributed by atoms with E-state index in [2.05, 4.69) is 19.2 Å². The van der Waals surface area contributed by atoms with Crippen molar-refractivity contribution in [1.82, 2.24) is 5.32 Å². The molecule has 0 amide bonds. The summed E-state index contributed by atoms with van der Waals surface area (Å²) in [6.45, 7) is 4.33. The predicted molar refractivity (Wildman–Crippen MR) is 56.9 cm³/mol. The molecule has 0 aliphatic heterocycles. The number of allylic oxidation sites excluding steroid dienone is 2. The summed E-state index contributed by atoms with van der Waals surface area (Å²) in [5, 5.41) is 3.48. The Morgan fingerprint density at radius 1 is 1.36 bits per heavy atom. The molecule has 1 N–H and O–H groups in total. The second-order valence-corrected chi connectivity index (χ2v) is 5.43. The van der Waals surface area contributed by atoms with Gasteiger partial charge in [-0.25, -0.2) is 0 Å². The van der Waals surface area contributed by atoms with Crippen molar-refractivity contribution in [2.24, 2.45) is 5.41 Å². The van der Waals surface area contributed by atoms with Crippen LogP contribution in [-0.4, -0.2) is 11.8 Å². The number of carbonyl (C=O) groups excluding carboxylic acids is 1. The zero-order valence-electron chi connectivity index (χ0n) is 9.10. The lowest BCUT2D eigenvalue weighted by Gasteiger charge is -2.34. The average Bonchev–Trinajstić information content (AvgIpc) is 1.92. The maximum atomic E-state index is 11.5. The first kappa shape index (κ1) is 9.75. The summed E-state index contributed by atoms with van der Waals surface area (Å²) in [4.78, 5) is 11.5. The van der Waals surface area contributed by atoms with Crippen LogP contribution in [0.1, 0.15) is 46.0 Å². The van der Waals surface area contributed by atoms with Crippen molar-refractivity contribution in [2.45, 2.75) is 52.0 Å². The molecule has 0 spiro atoms. The minimum absolute atomic E-state index is 0.151. The van der Waals surface area contributed by atoms with Crippen LogP contribution in [0.5, 0.6) is 0 Å². The minimum atomic E-state index is 0.151. The SMILES string of the molecule is CC1(C)CC(=O)C=C(NC2CCC2)C1. The molecular weight excluding hydrogens is 174 g/mol. The van der Waals surface area contributed by atoms with Gasteiger partial charge < -0.3 is 5.32 Å². The van der Waals surface area contributed by atoms with Crippen molar-refractivity contribution in [3.8, 4) is 0 Å². The summed E-state index contributed by atoms with van der Waals surface area (Å²) in [6.07, 6.45) is 7.40. The van der Waals surface area contributed by atoms with Gasteiger partial charge in [0.15, 0.2) is 5.78 Å². The zero-order chi connectivity index (χ0) is 10.2. The summed E-state index contributed by atoms with van der Waals surface area (Å²) in [5.74, 6) is 0.281. The maximum absolute atomic E-state index is 11.5. The van der Waals surface area contributed by atoms with Crippen molar-refractivity contribution in [3.05, 3.63) is 11.8 Å².